The Labute approximate surface area is 109 Å². The number of carbonyl (C=O) groups excluding carboxylic acids is 1. The van der Waals surface area contributed by atoms with Crippen molar-refractivity contribution in [2.24, 2.45) is 0 Å². The average molecular weight is 257 g/mol. The van der Waals surface area contributed by atoms with Gasteiger partial charge in [-0.2, -0.15) is 4.39 Å². The molecule has 4 nitrogen and oxygen atoms in total. The largest absolute Gasteiger partial charge is 0.325 e. The van der Waals surface area contributed by atoms with Crippen molar-refractivity contribution in [2.75, 3.05) is 5.32 Å². The summed E-state index contributed by atoms with van der Waals surface area (Å²) in [5.74, 6) is -1.20. The molecule has 0 saturated carbocycles. The Morgan fingerprint density at radius 2 is 2.21 bits per heavy atom. The molecule has 0 radical (unpaired) electrons. The second-order valence-electron chi connectivity index (χ2n) is 4.62. The smallest absolute Gasteiger partial charge is 0.233 e. The van der Waals surface area contributed by atoms with Crippen LogP contribution < -0.4 is 5.32 Å². The van der Waals surface area contributed by atoms with E-state index in [9.17, 15) is 9.18 Å². The second-order valence-corrected chi connectivity index (χ2v) is 4.62. The number of amides is 1. The van der Waals surface area contributed by atoms with Gasteiger partial charge in [-0.25, -0.2) is 4.98 Å². The first-order valence-electron chi connectivity index (χ1n) is 6.01. The van der Waals surface area contributed by atoms with Gasteiger partial charge >= 0.3 is 0 Å². The Morgan fingerprint density at radius 1 is 1.42 bits per heavy atom. The van der Waals surface area contributed by atoms with Crippen molar-refractivity contribution in [2.45, 2.75) is 19.8 Å². The van der Waals surface area contributed by atoms with Crippen LogP contribution >= 0.6 is 0 Å². The van der Waals surface area contributed by atoms with Gasteiger partial charge < -0.3 is 5.32 Å². The third kappa shape index (κ3) is 1.78. The number of hydrogen-bond donors (Lipinski definition) is 1. The molecule has 2 aromatic heterocycles. The first-order valence-corrected chi connectivity index (χ1v) is 6.01. The molecular weight excluding hydrogens is 245 g/mol. The third-order valence-corrected chi connectivity index (χ3v) is 3.27. The SMILES string of the molecule is Cc1cc2c(c(F)n1)-c1cccnc1C(C)C(=O)N2. The van der Waals surface area contributed by atoms with Crippen LogP contribution in [-0.2, 0) is 4.79 Å². The lowest BCUT2D eigenvalue weighted by Crippen LogP contribution is -2.18. The molecule has 5 heteroatoms. The van der Waals surface area contributed by atoms with Gasteiger partial charge in [0.2, 0.25) is 11.9 Å². The zero-order valence-corrected chi connectivity index (χ0v) is 10.6. The maximum atomic E-state index is 14.2. The summed E-state index contributed by atoms with van der Waals surface area (Å²) in [4.78, 5) is 20.1. The van der Waals surface area contributed by atoms with Gasteiger partial charge in [0.1, 0.15) is 0 Å². The Hall–Kier alpha value is -2.30. The predicted octanol–water partition coefficient (Wildman–Crippen LogP) is 2.65. The molecule has 0 spiro atoms. The lowest BCUT2D eigenvalue weighted by atomic mass is 9.98. The number of pyridine rings is 2. The van der Waals surface area contributed by atoms with Crippen molar-refractivity contribution in [3.05, 3.63) is 41.7 Å². The number of fused-ring (bicyclic) bond motifs is 3. The summed E-state index contributed by atoms with van der Waals surface area (Å²) in [6.45, 7) is 3.44. The fraction of sp³-hybridized carbons (Fsp3) is 0.214. The van der Waals surface area contributed by atoms with Crippen molar-refractivity contribution in [1.82, 2.24) is 9.97 Å². The number of nitrogens with one attached hydrogen (secondary N) is 1. The van der Waals surface area contributed by atoms with E-state index in [4.69, 9.17) is 0 Å². The molecule has 1 aliphatic heterocycles. The van der Waals surface area contributed by atoms with E-state index in [1.165, 1.54) is 0 Å². The molecule has 19 heavy (non-hydrogen) atoms. The summed E-state index contributed by atoms with van der Waals surface area (Å²) >= 11 is 0. The highest BCUT2D eigenvalue weighted by molar-refractivity contribution is 6.02. The van der Waals surface area contributed by atoms with Crippen molar-refractivity contribution < 1.29 is 9.18 Å². The number of anilines is 1. The summed E-state index contributed by atoms with van der Waals surface area (Å²) < 4.78 is 14.2. The van der Waals surface area contributed by atoms with Crippen molar-refractivity contribution in [3.63, 3.8) is 0 Å². The molecule has 2 aromatic rings. The third-order valence-electron chi connectivity index (χ3n) is 3.27. The molecule has 0 fully saturated rings. The van der Waals surface area contributed by atoms with E-state index in [0.29, 0.717) is 28.2 Å². The summed E-state index contributed by atoms with van der Waals surface area (Å²) in [7, 11) is 0. The van der Waals surface area contributed by atoms with E-state index < -0.39 is 11.9 Å². The maximum Gasteiger partial charge on any atom is 0.233 e. The van der Waals surface area contributed by atoms with Crippen LogP contribution in [0.3, 0.4) is 0 Å². The van der Waals surface area contributed by atoms with Gasteiger partial charge in [0.15, 0.2) is 0 Å². The molecule has 1 aliphatic rings. The molecule has 0 aliphatic carbocycles. The Bertz CT molecular complexity index is 684. The first-order chi connectivity index (χ1) is 9.08. The van der Waals surface area contributed by atoms with E-state index in [-0.39, 0.29) is 5.91 Å². The van der Waals surface area contributed by atoms with Crippen LogP contribution in [0, 0.1) is 12.9 Å². The van der Waals surface area contributed by atoms with Gasteiger partial charge in [0.05, 0.1) is 22.9 Å². The topological polar surface area (TPSA) is 54.9 Å². The van der Waals surface area contributed by atoms with Crippen LogP contribution in [0.4, 0.5) is 10.1 Å². The van der Waals surface area contributed by atoms with E-state index in [1.54, 1.807) is 38.2 Å². The molecule has 0 aromatic carbocycles. The van der Waals surface area contributed by atoms with Crippen LogP contribution in [0.1, 0.15) is 24.2 Å². The van der Waals surface area contributed by atoms with E-state index in [2.05, 4.69) is 15.3 Å². The highest BCUT2D eigenvalue weighted by Crippen LogP contribution is 2.38. The van der Waals surface area contributed by atoms with Gasteiger partial charge in [0, 0.05) is 17.5 Å². The molecular formula is C14H12FN3O. The van der Waals surface area contributed by atoms with Crippen molar-refractivity contribution in [1.29, 1.82) is 0 Å². The van der Waals surface area contributed by atoms with E-state index in [0.717, 1.165) is 0 Å². The van der Waals surface area contributed by atoms with E-state index in [1.807, 2.05) is 0 Å². The zero-order valence-electron chi connectivity index (χ0n) is 10.6. The number of carbonyl (C=O) groups is 1. The van der Waals surface area contributed by atoms with Crippen LogP contribution in [0.5, 0.6) is 0 Å². The number of halogens is 1. The molecule has 96 valence electrons. The summed E-state index contributed by atoms with van der Waals surface area (Å²) in [5, 5.41) is 2.74. The normalized spacial score (nSPS) is 17.2. The van der Waals surface area contributed by atoms with Crippen LogP contribution in [-0.4, -0.2) is 15.9 Å². The molecule has 0 saturated heterocycles. The summed E-state index contributed by atoms with van der Waals surface area (Å²) in [5.41, 5.74) is 2.48. The molecule has 1 unspecified atom stereocenters. The van der Waals surface area contributed by atoms with Gasteiger partial charge in [-0.05, 0) is 26.0 Å². The summed E-state index contributed by atoms with van der Waals surface area (Å²) in [6.07, 6.45) is 1.60. The minimum atomic E-state index is -0.585. The standard InChI is InChI=1S/C14H12FN3O/c1-7-6-10-11(13(15)17-7)9-4-3-5-16-12(9)8(2)14(19)18-10/h3-6,8H,1-2H3,(H,18,19). The first kappa shape index (κ1) is 11.8. The minimum absolute atomic E-state index is 0.191. The van der Waals surface area contributed by atoms with Crippen LogP contribution in [0.25, 0.3) is 11.1 Å². The minimum Gasteiger partial charge on any atom is -0.325 e. The molecule has 3 heterocycles. The highest BCUT2D eigenvalue weighted by atomic mass is 19.1. The van der Waals surface area contributed by atoms with Gasteiger partial charge in [-0.3, -0.25) is 9.78 Å². The Balaban J connectivity index is 2.38. The Kier molecular flexibility index (Phi) is 2.55. The monoisotopic (exact) mass is 257 g/mol. The molecule has 1 N–H and O–H groups in total. The molecule has 3 rings (SSSR count). The number of nitrogens with zero attached hydrogens (tertiary/aromatic N) is 2. The molecule has 1 amide bonds. The number of rotatable bonds is 0. The number of aromatic nitrogens is 2. The fourth-order valence-corrected chi connectivity index (χ4v) is 2.33. The van der Waals surface area contributed by atoms with Crippen molar-refractivity contribution >= 4 is 11.6 Å². The average Bonchev–Trinajstić information content (AvgIpc) is 2.46. The second kappa shape index (κ2) is 4.12. The quantitative estimate of drug-likeness (QED) is 0.738. The lowest BCUT2D eigenvalue weighted by Gasteiger charge is -2.10. The van der Waals surface area contributed by atoms with Gasteiger partial charge in [-0.15, -0.1) is 0 Å². The lowest BCUT2D eigenvalue weighted by molar-refractivity contribution is -0.117. The highest BCUT2D eigenvalue weighted by Gasteiger charge is 2.28. The van der Waals surface area contributed by atoms with Gasteiger partial charge in [-0.1, -0.05) is 6.07 Å². The molecule has 1 atom stereocenters. The number of aryl methyl sites for hydroxylation is 1. The predicted molar refractivity (Wildman–Crippen MR) is 69.2 cm³/mol. The van der Waals surface area contributed by atoms with Crippen LogP contribution in [0.2, 0.25) is 0 Å². The van der Waals surface area contributed by atoms with Crippen molar-refractivity contribution in [3.8, 4) is 11.1 Å². The fourth-order valence-electron chi connectivity index (χ4n) is 2.33. The number of hydrogen-bond acceptors (Lipinski definition) is 3. The zero-order chi connectivity index (χ0) is 13.6. The molecule has 0 bridgehead atoms. The summed E-state index contributed by atoms with van der Waals surface area (Å²) in [6, 6.07) is 5.16. The maximum absolute atomic E-state index is 14.2. The Morgan fingerprint density at radius 3 is 3.00 bits per heavy atom. The van der Waals surface area contributed by atoms with Crippen LogP contribution in [0.15, 0.2) is 24.4 Å². The van der Waals surface area contributed by atoms with E-state index >= 15 is 0 Å². The van der Waals surface area contributed by atoms with Gasteiger partial charge in [0.25, 0.3) is 0 Å².